The molecule has 148 valence electrons. The quantitative estimate of drug-likeness (QED) is 0.231. The van der Waals surface area contributed by atoms with Crippen LogP contribution < -0.4 is 0 Å². The van der Waals surface area contributed by atoms with Crippen molar-refractivity contribution in [1.82, 2.24) is 0 Å². The molecule has 1 fully saturated rings. The first-order valence-electron chi connectivity index (χ1n) is 9.70. The Hall–Kier alpha value is -0.723. The van der Waals surface area contributed by atoms with Crippen molar-refractivity contribution >= 4 is 8.32 Å². The summed E-state index contributed by atoms with van der Waals surface area (Å²) in [6.07, 6.45) is 2.42. The van der Waals surface area contributed by atoms with E-state index in [4.69, 9.17) is 18.6 Å². The molecular formula is C21H36O4Si. The average molecular weight is 381 g/mol. The highest BCUT2D eigenvalue weighted by molar-refractivity contribution is 6.74. The Kier molecular flexibility index (Phi) is 7.86. The highest BCUT2D eigenvalue weighted by Gasteiger charge is 2.39. The Morgan fingerprint density at radius 3 is 2.42 bits per heavy atom. The third-order valence-corrected chi connectivity index (χ3v) is 9.93. The van der Waals surface area contributed by atoms with Crippen LogP contribution in [0.1, 0.15) is 46.1 Å². The largest absolute Gasteiger partial charge is 0.414 e. The van der Waals surface area contributed by atoms with Gasteiger partial charge < -0.3 is 18.6 Å². The highest BCUT2D eigenvalue weighted by Crippen LogP contribution is 2.38. The molecule has 4 nitrogen and oxygen atoms in total. The molecule has 26 heavy (non-hydrogen) atoms. The van der Waals surface area contributed by atoms with Crippen molar-refractivity contribution in [2.75, 3.05) is 13.4 Å². The number of epoxide rings is 1. The second-order valence-electron chi connectivity index (χ2n) is 8.86. The van der Waals surface area contributed by atoms with E-state index in [1.807, 2.05) is 18.2 Å². The molecule has 0 amide bonds. The molecule has 1 aliphatic heterocycles. The highest BCUT2D eigenvalue weighted by atomic mass is 28.4. The molecule has 3 atom stereocenters. The third-order valence-electron chi connectivity index (χ3n) is 5.32. The van der Waals surface area contributed by atoms with Crippen molar-refractivity contribution in [1.29, 1.82) is 0 Å². The normalized spacial score (nSPS) is 20.0. The van der Waals surface area contributed by atoms with Crippen LogP contribution in [0, 0.1) is 0 Å². The minimum Gasteiger partial charge on any atom is -0.414 e. The lowest BCUT2D eigenvalue weighted by Crippen LogP contribution is -2.44. The molecule has 1 aromatic rings. The summed E-state index contributed by atoms with van der Waals surface area (Å²) in [6, 6.07) is 10.2. The van der Waals surface area contributed by atoms with Crippen molar-refractivity contribution in [3.8, 4) is 0 Å². The van der Waals surface area contributed by atoms with Gasteiger partial charge in [0.05, 0.1) is 25.4 Å². The summed E-state index contributed by atoms with van der Waals surface area (Å²) in [5.41, 5.74) is 1.16. The molecule has 0 aliphatic carbocycles. The molecule has 1 aromatic carbocycles. The maximum absolute atomic E-state index is 6.49. The Morgan fingerprint density at radius 1 is 1.19 bits per heavy atom. The van der Waals surface area contributed by atoms with Crippen LogP contribution in [0.4, 0.5) is 0 Å². The summed E-state index contributed by atoms with van der Waals surface area (Å²) in [4.78, 5) is 0. The molecule has 0 unspecified atom stereocenters. The van der Waals surface area contributed by atoms with Gasteiger partial charge in [-0.3, -0.25) is 0 Å². The van der Waals surface area contributed by atoms with Crippen LogP contribution >= 0.6 is 0 Å². The number of ether oxygens (including phenoxy) is 3. The SMILES string of the molecule is C[C@H](C[C@H](C[C@@H]1CO1)OCOCc1ccccc1)O[Si](C)(C)C(C)(C)C. The minimum absolute atomic E-state index is 0.109. The molecular weight excluding hydrogens is 344 g/mol. The lowest BCUT2D eigenvalue weighted by Gasteiger charge is -2.39. The zero-order valence-electron chi connectivity index (χ0n) is 17.3. The van der Waals surface area contributed by atoms with Crippen molar-refractivity contribution in [2.24, 2.45) is 0 Å². The topological polar surface area (TPSA) is 40.2 Å². The standard InChI is InChI=1S/C21H36O4Si/c1-17(25-26(5,6)21(2,3)4)12-19(13-20-15-23-20)24-16-22-14-18-10-8-7-9-11-18/h7-11,17,19-20H,12-16H2,1-6H3/t17-,19-,20-/m1/s1. The molecule has 5 heteroatoms. The van der Waals surface area contributed by atoms with Gasteiger partial charge in [-0.25, -0.2) is 0 Å². The molecule has 1 saturated heterocycles. The van der Waals surface area contributed by atoms with Gasteiger partial charge >= 0.3 is 0 Å². The van der Waals surface area contributed by atoms with Gasteiger partial charge in [0.2, 0.25) is 0 Å². The van der Waals surface area contributed by atoms with Crippen molar-refractivity contribution < 1.29 is 18.6 Å². The predicted molar refractivity (Wildman–Crippen MR) is 108 cm³/mol. The third kappa shape index (κ3) is 7.49. The van der Waals surface area contributed by atoms with E-state index >= 15 is 0 Å². The van der Waals surface area contributed by atoms with Gasteiger partial charge in [0.1, 0.15) is 6.79 Å². The van der Waals surface area contributed by atoms with Crippen LogP contribution in [0.15, 0.2) is 30.3 Å². The van der Waals surface area contributed by atoms with Crippen LogP contribution in [0.3, 0.4) is 0 Å². The predicted octanol–water partition coefficient (Wildman–Crippen LogP) is 5.14. The van der Waals surface area contributed by atoms with E-state index in [1.165, 1.54) is 0 Å². The van der Waals surface area contributed by atoms with Crippen molar-refractivity contribution in [3.63, 3.8) is 0 Å². The number of hydrogen-bond acceptors (Lipinski definition) is 4. The zero-order chi connectivity index (χ0) is 19.2. The van der Waals surface area contributed by atoms with E-state index in [0.29, 0.717) is 19.5 Å². The van der Waals surface area contributed by atoms with Crippen LogP contribution in [0.25, 0.3) is 0 Å². The summed E-state index contributed by atoms with van der Waals surface area (Å²) in [5, 5.41) is 0.218. The molecule has 0 saturated carbocycles. The molecule has 0 N–H and O–H groups in total. The van der Waals surface area contributed by atoms with Crippen LogP contribution in [0.5, 0.6) is 0 Å². The summed E-state index contributed by atoms with van der Waals surface area (Å²) < 4.78 is 23.6. The van der Waals surface area contributed by atoms with Gasteiger partial charge in [0, 0.05) is 12.5 Å². The van der Waals surface area contributed by atoms with Crippen LogP contribution in [-0.4, -0.2) is 40.0 Å². The Balaban J connectivity index is 1.77. The summed E-state index contributed by atoms with van der Waals surface area (Å²) in [5.74, 6) is 0. The zero-order valence-corrected chi connectivity index (χ0v) is 18.3. The van der Waals surface area contributed by atoms with Crippen LogP contribution in [-0.2, 0) is 25.2 Å². The van der Waals surface area contributed by atoms with Crippen LogP contribution in [0.2, 0.25) is 18.1 Å². The van der Waals surface area contributed by atoms with Gasteiger partial charge in [-0.2, -0.15) is 0 Å². The van der Waals surface area contributed by atoms with E-state index in [9.17, 15) is 0 Å². The van der Waals surface area contributed by atoms with Crippen molar-refractivity contribution in [2.45, 2.75) is 83.6 Å². The number of rotatable bonds is 11. The fourth-order valence-electron chi connectivity index (χ4n) is 2.71. The van der Waals surface area contributed by atoms with Gasteiger partial charge in [0.25, 0.3) is 0 Å². The van der Waals surface area contributed by atoms with E-state index in [-0.39, 0.29) is 17.2 Å². The van der Waals surface area contributed by atoms with Gasteiger partial charge in [-0.05, 0) is 37.0 Å². The molecule has 0 bridgehead atoms. The second-order valence-corrected chi connectivity index (χ2v) is 13.6. The van der Waals surface area contributed by atoms with Crippen molar-refractivity contribution in [3.05, 3.63) is 35.9 Å². The summed E-state index contributed by atoms with van der Waals surface area (Å²) >= 11 is 0. The fraction of sp³-hybridized carbons (Fsp3) is 0.714. The summed E-state index contributed by atoms with van der Waals surface area (Å²) in [7, 11) is -1.76. The average Bonchev–Trinajstić information content (AvgIpc) is 3.34. The number of hydrogen-bond donors (Lipinski definition) is 0. The lowest BCUT2D eigenvalue weighted by molar-refractivity contribution is -0.107. The smallest absolute Gasteiger partial charge is 0.192 e. The van der Waals surface area contributed by atoms with E-state index in [0.717, 1.165) is 25.0 Å². The van der Waals surface area contributed by atoms with E-state index in [2.05, 4.69) is 52.9 Å². The first-order chi connectivity index (χ1) is 12.2. The molecule has 1 aliphatic rings. The monoisotopic (exact) mass is 380 g/mol. The minimum atomic E-state index is -1.76. The summed E-state index contributed by atoms with van der Waals surface area (Å²) in [6.45, 7) is 15.3. The first-order valence-corrected chi connectivity index (χ1v) is 12.6. The second kappa shape index (κ2) is 9.47. The molecule has 2 rings (SSSR count). The van der Waals surface area contributed by atoms with Gasteiger partial charge in [0.15, 0.2) is 8.32 Å². The van der Waals surface area contributed by atoms with E-state index in [1.54, 1.807) is 0 Å². The molecule has 0 aromatic heterocycles. The number of benzene rings is 1. The van der Waals surface area contributed by atoms with Gasteiger partial charge in [-0.1, -0.05) is 51.1 Å². The van der Waals surface area contributed by atoms with Gasteiger partial charge in [-0.15, -0.1) is 0 Å². The molecule has 1 heterocycles. The first kappa shape index (κ1) is 21.6. The van der Waals surface area contributed by atoms with E-state index < -0.39 is 8.32 Å². The Morgan fingerprint density at radius 2 is 1.85 bits per heavy atom. The lowest BCUT2D eigenvalue weighted by atomic mass is 10.1. The maximum Gasteiger partial charge on any atom is 0.192 e. The Bertz CT molecular complexity index is 523. The molecule has 0 spiro atoms. The fourth-order valence-corrected chi connectivity index (χ4v) is 4.16. The molecule has 0 radical (unpaired) electrons. The Labute approximate surface area is 160 Å². The maximum atomic E-state index is 6.49.